The van der Waals surface area contributed by atoms with Crippen molar-refractivity contribution >= 4 is 11.9 Å². The van der Waals surface area contributed by atoms with Crippen LogP contribution < -0.4 is 0 Å². The summed E-state index contributed by atoms with van der Waals surface area (Å²) in [7, 11) is 0. The molecule has 0 radical (unpaired) electrons. The van der Waals surface area contributed by atoms with Crippen LogP contribution in [0.1, 0.15) is 117 Å². The van der Waals surface area contributed by atoms with Crippen LogP contribution in [0.15, 0.2) is 0 Å². The van der Waals surface area contributed by atoms with E-state index in [9.17, 15) is 14.7 Å². The molecule has 0 spiro atoms. The third kappa shape index (κ3) is 12.0. The highest BCUT2D eigenvalue weighted by Crippen LogP contribution is 2.37. The number of carbonyl (C=O) groups is 2. The van der Waals surface area contributed by atoms with E-state index in [1.807, 2.05) is 0 Å². The van der Waals surface area contributed by atoms with Crippen LogP contribution in [0.3, 0.4) is 0 Å². The van der Waals surface area contributed by atoms with Crippen molar-refractivity contribution in [2.24, 2.45) is 5.41 Å². The number of rotatable bonds is 18. The van der Waals surface area contributed by atoms with Crippen molar-refractivity contribution in [2.75, 3.05) is 0 Å². The Morgan fingerprint density at radius 3 is 1.40 bits per heavy atom. The largest absolute Gasteiger partial charge is 0.481 e. The molecule has 0 amide bonds. The number of unbranched alkanes of at least 4 members (excludes halogenated alkanes) is 10. The van der Waals surface area contributed by atoms with Crippen LogP contribution >= 0.6 is 0 Å². The smallest absolute Gasteiger partial charge is 0.309 e. The molecule has 4 heteroatoms. The number of carboxylic acid groups (broad SMARTS) is 2. The van der Waals surface area contributed by atoms with E-state index in [0.29, 0.717) is 12.8 Å². The summed E-state index contributed by atoms with van der Waals surface area (Å²) in [5.41, 5.74) is -0.839. The van der Waals surface area contributed by atoms with Crippen molar-refractivity contribution in [3.63, 3.8) is 0 Å². The standard InChI is InChI=1S/C21H40O4/c1-3-5-7-9-11-13-16-21(20(24)25,18-15-19(22)23)17-14-12-10-8-6-4-2/h3-18H2,1-2H3,(H,22,23)(H,24,25). The molecule has 0 aliphatic rings. The van der Waals surface area contributed by atoms with Gasteiger partial charge in [0.2, 0.25) is 0 Å². The zero-order valence-corrected chi connectivity index (χ0v) is 16.5. The zero-order chi connectivity index (χ0) is 19.0. The quantitative estimate of drug-likeness (QED) is 0.278. The third-order valence-electron chi connectivity index (χ3n) is 5.29. The number of carboxylic acids is 2. The molecule has 0 aromatic heterocycles. The topological polar surface area (TPSA) is 74.6 Å². The summed E-state index contributed by atoms with van der Waals surface area (Å²) in [6.45, 7) is 4.36. The molecule has 0 rings (SSSR count). The minimum Gasteiger partial charge on any atom is -0.481 e. The normalized spacial score (nSPS) is 11.6. The Hall–Kier alpha value is -1.06. The van der Waals surface area contributed by atoms with Gasteiger partial charge in [0.25, 0.3) is 0 Å². The molecule has 0 atom stereocenters. The van der Waals surface area contributed by atoms with E-state index in [1.54, 1.807) is 0 Å². The Balaban J connectivity index is 4.48. The van der Waals surface area contributed by atoms with Gasteiger partial charge in [-0.25, -0.2) is 0 Å². The van der Waals surface area contributed by atoms with Gasteiger partial charge in [0.15, 0.2) is 0 Å². The fourth-order valence-corrected chi connectivity index (χ4v) is 3.53. The van der Waals surface area contributed by atoms with Gasteiger partial charge in [-0.2, -0.15) is 0 Å². The molecule has 0 aromatic carbocycles. The van der Waals surface area contributed by atoms with Crippen LogP contribution in [-0.4, -0.2) is 22.2 Å². The first-order valence-corrected chi connectivity index (χ1v) is 10.4. The summed E-state index contributed by atoms with van der Waals surface area (Å²) >= 11 is 0. The van der Waals surface area contributed by atoms with Crippen molar-refractivity contribution in [1.82, 2.24) is 0 Å². The number of hydrogen-bond donors (Lipinski definition) is 2. The number of hydrogen-bond acceptors (Lipinski definition) is 2. The van der Waals surface area contributed by atoms with Gasteiger partial charge >= 0.3 is 11.9 Å². The molecule has 0 saturated carbocycles. The van der Waals surface area contributed by atoms with Gasteiger partial charge in [0, 0.05) is 6.42 Å². The SMILES string of the molecule is CCCCCCCCC(CCCCCCCC)(CCC(=O)O)C(=O)O. The summed E-state index contributed by atoms with van der Waals surface area (Å²) in [6, 6.07) is 0. The van der Waals surface area contributed by atoms with Crippen LogP contribution in [0.2, 0.25) is 0 Å². The summed E-state index contributed by atoms with van der Waals surface area (Å²) in [5, 5.41) is 18.8. The highest BCUT2D eigenvalue weighted by atomic mass is 16.4. The molecule has 0 bridgehead atoms. The minimum atomic E-state index is -0.892. The lowest BCUT2D eigenvalue weighted by atomic mass is 9.74. The summed E-state index contributed by atoms with van der Waals surface area (Å²) in [5.74, 6) is -1.69. The first-order valence-electron chi connectivity index (χ1n) is 10.4. The van der Waals surface area contributed by atoms with E-state index in [4.69, 9.17) is 5.11 Å². The maximum absolute atomic E-state index is 12.0. The van der Waals surface area contributed by atoms with E-state index in [-0.39, 0.29) is 12.8 Å². The Morgan fingerprint density at radius 1 is 0.640 bits per heavy atom. The van der Waals surface area contributed by atoms with Gasteiger partial charge in [-0.05, 0) is 19.3 Å². The number of aliphatic carboxylic acids is 2. The zero-order valence-electron chi connectivity index (χ0n) is 16.5. The van der Waals surface area contributed by atoms with Crippen molar-refractivity contribution in [2.45, 2.75) is 117 Å². The molecular formula is C21H40O4. The molecule has 0 aliphatic heterocycles. The van der Waals surface area contributed by atoms with E-state index in [2.05, 4.69) is 13.8 Å². The summed E-state index contributed by atoms with van der Waals surface area (Å²) in [4.78, 5) is 22.9. The minimum absolute atomic E-state index is 0.0437. The van der Waals surface area contributed by atoms with Crippen LogP contribution in [0.4, 0.5) is 0 Å². The first kappa shape index (κ1) is 23.9. The molecule has 4 nitrogen and oxygen atoms in total. The fourth-order valence-electron chi connectivity index (χ4n) is 3.53. The Labute approximate surface area is 154 Å². The Bertz CT molecular complexity index is 336. The second-order valence-electron chi connectivity index (χ2n) is 7.51. The van der Waals surface area contributed by atoms with Gasteiger partial charge in [-0.15, -0.1) is 0 Å². The van der Waals surface area contributed by atoms with Crippen molar-refractivity contribution in [3.8, 4) is 0 Å². The average molecular weight is 357 g/mol. The first-order chi connectivity index (χ1) is 12.0. The van der Waals surface area contributed by atoms with E-state index in [0.717, 1.165) is 38.5 Å². The van der Waals surface area contributed by atoms with Crippen LogP contribution in [0, 0.1) is 5.41 Å². The molecule has 0 aromatic rings. The molecule has 148 valence electrons. The van der Waals surface area contributed by atoms with Crippen molar-refractivity contribution in [3.05, 3.63) is 0 Å². The predicted octanol–water partition coefficient (Wildman–Crippen LogP) is 6.42. The Kier molecular flexibility index (Phi) is 14.6. The Morgan fingerprint density at radius 2 is 1.04 bits per heavy atom. The van der Waals surface area contributed by atoms with E-state index in [1.165, 1.54) is 38.5 Å². The lowest BCUT2D eigenvalue weighted by molar-refractivity contribution is -0.151. The predicted molar refractivity (Wildman–Crippen MR) is 103 cm³/mol. The third-order valence-corrected chi connectivity index (χ3v) is 5.29. The molecule has 0 aliphatic carbocycles. The van der Waals surface area contributed by atoms with Crippen molar-refractivity contribution < 1.29 is 19.8 Å². The summed E-state index contributed by atoms with van der Waals surface area (Å²) in [6.07, 6.45) is 15.0. The van der Waals surface area contributed by atoms with Gasteiger partial charge in [0.05, 0.1) is 5.41 Å². The van der Waals surface area contributed by atoms with Crippen LogP contribution in [0.5, 0.6) is 0 Å². The van der Waals surface area contributed by atoms with Crippen molar-refractivity contribution in [1.29, 1.82) is 0 Å². The monoisotopic (exact) mass is 356 g/mol. The van der Waals surface area contributed by atoms with Gasteiger partial charge in [0.1, 0.15) is 0 Å². The maximum atomic E-state index is 12.0. The molecule has 0 heterocycles. The van der Waals surface area contributed by atoms with E-state index >= 15 is 0 Å². The second kappa shape index (κ2) is 15.2. The average Bonchev–Trinajstić information content (AvgIpc) is 2.57. The highest BCUT2D eigenvalue weighted by Gasteiger charge is 2.37. The van der Waals surface area contributed by atoms with E-state index < -0.39 is 17.4 Å². The summed E-state index contributed by atoms with van der Waals surface area (Å²) < 4.78 is 0. The lowest BCUT2D eigenvalue weighted by Gasteiger charge is -2.29. The molecule has 0 fully saturated rings. The molecule has 25 heavy (non-hydrogen) atoms. The van der Waals surface area contributed by atoms with Gasteiger partial charge < -0.3 is 10.2 Å². The van der Waals surface area contributed by atoms with Crippen LogP contribution in [0.25, 0.3) is 0 Å². The van der Waals surface area contributed by atoms with Gasteiger partial charge in [-0.1, -0.05) is 90.9 Å². The lowest BCUT2D eigenvalue weighted by Crippen LogP contribution is -2.32. The van der Waals surface area contributed by atoms with Gasteiger partial charge in [-0.3, -0.25) is 9.59 Å². The maximum Gasteiger partial charge on any atom is 0.309 e. The second-order valence-corrected chi connectivity index (χ2v) is 7.51. The molecule has 0 saturated heterocycles. The van der Waals surface area contributed by atoms with Crippen LogP contribution in [-0.2, 0) is 9.59 Å². The molecule has 2 N–H and O–H groups in total. The highest BCUT2D eigenvalue weighted by molar-refractivity contribution is 5.76. The molecular weight excluding hydrogens is 316 g/mol. The molecule has 0 unspecified atom stereocenters. The fraction of sp³-hybridized carbons (Fsp3) is 0.905.